The molecular formula is C24H27N9O. The number of anilines is 2. The number of rotatable bonds is 6. The Hall–Kier alpha value is -3.66. The number of pyridine rings is 1. The SMILES string of the molecule is CN1CCC(n2cc(Nc3nc(OC4(C)CC4)c4nc(-c5ccnnc5)ccc4n3)cn2)CC1. The van der Waals surface area contributed by atoms with E-state index in [0.29, 0.717) is 28.9 Å². The third-order valence-electron chi connectivity index (χ3n) is 6.61. The van der Waals surface area contributed by atoms with Crippen LogP contribution >= 0.6 is 0 Å². The monoisotopic (exact) mass is 457 g/mol. The van der Waals surface area contributed by atoms with Crippen molar-refractivity contribution >= 4 is 22.7 Å². The van der Waals surface area contributed by atoms with Crippen LogP contribution in [-0.2, 0) is 0 Å². The number of hydrogen-bond donors (Lipinski definition) is 1. The second-order valence-electron chi connectivity index (χ2n) is 9.47. The van der Waals surface area contributed by atoms with E-state index in [0.717, 1.165) is 55.7 Å². The zero-order valence-corrected chi connectivity index (χ0v) is 19.3. The highest BCUT2D eigenvalue weighted by molar-refractivity contribution is 5.83. The standard InChI is InChI=1S/C24H27N9O/c1-24(8-9-24)34-22-21-20(4-3-19(29-21)16-5-10-25-26-13-16)30-23(31-22)28-17-14-27-33(15-17)18-6-11-32(2)12-7-18/h3-5,10,13-15,18H,6-9,11-12H2,1-2H3,(H,28,30,31). The summed E-state index contributed by atoms with van der Waals surface area (Å²) in [4.78, 5) is 16.6. The van der Waals surface area contributed by atoms with Crippen molar-refractivity contribution < 1.29 is 4.74 Å². The Balaban J connectivity index is 1.31. The van der Waals surface area contributed by atoms with E-state index in [-0.39, 0.29) is 5.60 Å². The fraction of sp³-hybridized carbons (Fsp3) is 0.417. The van der Waals surface area contributed by atoms with Gasteiger partial charge >= 0.3 is 0 Å². The minimum atomic E-state index is -0.201. The largest absolute Gasteiger partial charge is 0.470 e. The number of hydrogen-bond acceptors (Lipinski definition) is 9. The molecule has 1 N–H and O–H groups in total. The molecule has 10 heteroatoms. The molecule has 1 aliphatic carbocycles. The van der Waals surface area contributed by atoms with Crippen molar-refractivity contribution in [3.8, 4) is 17.1 Å². The van der Waals surface area contributed by atoms with Crippen LogP contribution in [0.25, 0.3) is 22.3 Å². The highest BCUT2D eigenvalue weighted by Gasteiger charge is 2.41. The van der Waals surface area contributed by atoms with Gasteiger partial charge in [-0.1, -0.05) is 0 Å². The highest BCUT2D eigenvalue weighted by atomic mass is 16.5. The van der Waals surface area contributed by atoms with Gasteiger partial charge in [-0.2, -0.15) is 20.3 Å². The Morgan fingerprint density at radius 3 is 2.65 bits per heavy atom. The minimum Gasteiger partial charge on any atom is -0.470 e. The van der Waals surface area contributed by atoms with Crippen LogP contribution < -0.4 is 10.1 Å². The summed E-state index contributed by atoms with van der Waals surface area (Å²) in [5, 5.41) is 15.7. The first-order valence-electron chi connectivity index (χ1n) is 11.7. The number of nitrogens with one attached hydrogen (secondary N) is 1. The molecule has 0 spiro atoms. The second-order valence-corrected chi connectivity index (χ2v) is 9.47. The minimum absolute atomic E-state index is 0.201. The summed E-state index contributed by atoms with van der Waals surface area (Å²) in [6, 6.07) is 6.16. The molecule has 10 nitrogen and oxygen atoms in total. The fourth-order valence-corrected chi connectivity index (χ4v) is 4.22. The number of aromatic nitrogens is 7. The molecule has 1 saturated carbocycles. The molecule has 0 radical (unpaired) electrons. The predicted molar refractivity (Wildman–Crippen MR) is 128 cm³/mol. The zero-order valence-electron chi connectivity index (χ0n) is 19.3. The molecule has 4 aromatic heterocycles. The van der Waals surface area contributed by atoms with Gasteiger partial charge in [0.15, 0.2) is 5.52 Å². The van der Waals surface area contributed by atoms with E-state index in [4.69, 9.17) is 19.7 Å². The molecule has 2 fully saturated rings. The summed E-state index contributed by atoms with van der Waals surface area (Å²) in [6.45, 7) is 4.27. The third kappa shape index (κ3) is 4.28. The zero-order chi connectivity index (χ0) is 23.1. The van der Waals surface area contributed by atoms with E-state index >= 15 is 0 Å². The first-order valence-corrected chi connectivity index (χ1v) is 11.7. The molecule has 1 aliphatic heterocycles. The van der Waals surface area contributed by atoms with Gasteiger partial charge in [0, 0.05) is 11.8 Å². The molecule has 174 valence electrons. The molecule has 4 aromatic rings. The van der Waals surface area contributed by atoms with Gasteiger partial charge in [-0.25, -0.2) is 9.97 Å². The van der Waals surface area contributed by atoms with Gasteiger partial charge in [-0.3, -0.25) is 4.68 Å². The topological polar surface area (TPSA) is 107 Å². The molecule has 0 bridgehead atoms. The average Bonchev–Trinajstić information content (AvgIpc) is 3.40. The lowest BCUT2D eigenvalue weighted by molar-refractivity contribution is 0.194. The highest BCUT2D eigenvalue weighted by Crippen LogP contribution is 2.41. The average molecular weight is 458 g/mol. The van der Waals surface area contributed by atoms with Gasteiger partial charge in [-0.15, -0.1) is 0 Å². The van der Waals surface area contributed by atoms with E-state index < -0.39 is 0 Å². The van der Waals surface area contributed by atoms with Gasteiger partial charge in [-0.05, 0) is 70.9 Å². The molecule has 0 amide bonds. The summed E-state index contributed by atoms with van der Waals surface area (Å²) in [6.07, 6.45) is 11.4. The van der Waals surface area contributed by atoms with Crippen LogP contribution in [0.4, 0.5) is 11.6 Å². The molecule has 6 rings (SSSR count). The third-order valence-corrected chi connectivity index (χ3v) is 6.61. The summed E-state index contributed by atoms with van der Waals surface area (Å²) >= 11 is 0. The molecule has 1 saturated heterocycles. The Bertz CT molecular complexity index is 1310. The van der Waals surface area contributed by atoms with Gasteiger partial charge in [0.25, 0.3) is 0 Å². The van der Waals surface area contributed by atoms with Crippen molar-refractivity contribution in [2.45, 2.75) is 44.2 Å². The molecule has 0 atom stereocenters. The van der Waals surface area contributed by atoms with Crippen molar-refractivity contribution in [1.29, 1.82) is 0 Å². The van der Waals surface area contributed by atoms with Gasteiger partial charge in [0.05, 0.1) is 41.5 Å². The lowest BCUT2D eigenvalue weighted by atomic mass is 10.1. The smallest absolute Gasteiger partial charge is 0.246 e. The Morgan fingerprint density at radius 1 is 1.03 bits per heavy atom. The first kappa shape index (κ1) is 20.9. The molecule has 34 heavy (non-hydrogen) atoms. The summed E-state index contributed by atoms with van der Waals surface area (Å²) in [7, 11) is 2.16. The second kappa shape index (κ2) is 8.28. The Labute approximate surface area is 197 Å². The van der Waals surface area contributed by atoms with Crippen molar-refractivity contribution in [2.75, 3.05) is 25.5 Å². The van der Waals surface area contributed by atoms with Gasteiger partial charge in [0.1, 0.15) is 5.60 Å². The van der Waals surface area contributed by atoms with E-state index in [1.807, 2.05) is 30.6 Å². The Kier molecular flexibility index (Phi) is 5.09. The molecule has 5 heterocycles. The number of piperidine rings is 1. The van der Waals surface area contributed by atoms with E-state index in [1.165, 1.54) is 0 Å². The van der Waals surface area contributed by atoms with Crippen LogP contribution in [-0.4, -0.2) is 65.6 Å². The van der Waals surface area contributed by atoms with Crippen LogP contribution in [0.15, 0.2) is 43.0 Å². The lowest BCUT2D eigenvalue weighted by Gasteiger charge is -2.28. The van der Waals surface area contributed by atoms with Crippen LogP contribution in [0.2, 0.25) is 0 Å². The maximum Gasteiger partial charge on any atom is 0.246 e. The van der Waals surface area contributed by atoms with Crippen molar-refractivity contribution in [2.24, 2.45) is 0 Å². The summed E-state index contributed by atoms with van der Waals surface area (Å²) < 4.78 is 8.35. The lowest BCUT2D eigenvalue weighted by Crippen LogP contribution is -2.31. The number of nitrogens with zero attached hydrogens (tertiary/aromatic N) is 8. The number of fused-ring (bicyclic) bond motifs is 1. The van der Waals surface area contributed by atoms with Crippen LogP contribution in [0.3, 0.4) is 0 Å². The molecular weight excluding hydrogens is 430 g/mol. The maximum absolute atomic E-state index is 6.30. The summed E-state index contributed by atoms with van der Waals surface area (Å²) in [5.74, 6) is 0.953. The maximum atomic E-state index is 6.30. The van der Waals surface area contributed by atoms with Crippen molar-refractivity contribution in [1.82, 2.24) is 39.8 Å². The van der Waals surface area contributed by atoms with Crippen molar-refractivity contribution in [3.63, 3.8) is 0 Å². The molecule has 0 unspecified atom stereocenters. The summed E-state index contributed by atoms with van der Waals surface area (Å²) in [5.41, 5.74) is 3.66. The van der Waals surface area contributed by atoms with Gasteiger partial charge < -0.3 is 15.0 Å². The van der Waals surface area contributed by atoms with Crippen LogP contribution in [0.5, 0.6) is 5.88 Å². The van der Waals surface area contributed by atoms with E-state index in [9.17, 15) is 0 Å². The normalized spacial score (nSPS) is 18.2. The molecule has 0 aromatic carbocycles. The number of ether oxygens (including phenoxy) is 1. The van der Waals surface area contributed by atoms with Gasteiger partial charge in [0.2, 0.25) is 11.8 Å². The number of likely N-dealkylation sites (tertiary alicyclic amines) is 1. The first-order chi connectivity index (χ1) is 16.5. The quantitative estimate of drug-likeness (QED) is 0.464. The van der Waals surface area contributed by atoms with E-state index in [2.05, 4.69) is 44.2 Å². The van der Waals surface area contributed by atoms with E-state index in [1.54, 1.807) is 12.4 Å². The van der Waals surface area contributed by atoms with Crippen LogP contribution in [0.1, 0.15) is 38.6 Å². The van der Waals surface area contributed by atoms with Crippen LogP contribution in [0, 0.1) is 0 Å². The fourth-order valence-electron chi connectivity index (χ4n) is 4.22. The van der Waals surface area contributed by atoms with Crippen molar-refractivity contribution in [3.05, 3.63) is 43.0 Å². The Morgan fingerprint density at radius 2 is 1.88 bits per heavy atom. The predicted octanol–water partition coefficient (Wildman–Crippen LogP) is 3.62. The molecule has 2 aliphatic rings.